The lowest BCUT2D eigenvalue weighted by Gasteiger charge is -2.10. The molecule has 0 saturated heterocycles. The van der Waals surface area contributed by atoms with Gasteiger partial charge in [-0.1, -0.05) is 18.2 Å². The van der Waals surface area contributed by atoms with Gasteiger partial charge in [-0.25, -0.2) is 0 Å². The lowest BCUT2D eigenvalue weighted by atomic mass is 10.2. The van der Waals surface area contributed by atoms with Crippen molar-refractivity contribution in [3.63, 3.8) is 0 Å². The summed E-state index contributed by atoms with van der Waals surface area (Å²) in [5.74, 6) is 1.07. The average Bonchev–Trinajstić information content (AvgIpc) is 2.86. The van der Waals surface area contributed by atoms with Gasteiger partial charge in [-0.3, -0.25) is 0 Å². The van der Waals surface area contributed by atoms with E-state index in [0.29, 0.717) is 18.9 Å². The van der Waals surface area contributed by atoms with Crippen molar-refractivity contribution in [2.45, 2.75) is 13.2 Å². The summed E-state index contributed by atoms with van der Waals surface area (Å²) in [5.41, 5.74) is 2.10. The van der Waals surface area contributed by atoms with E-state index in [9.17, 15) is 0 Å². The molecule has 1 heterocycles. The minimum absolute atomic E-state index is 0.331. The predicted molar refractivity (Wildman–Crippen MR) is 67.9 cm³/mol. The fourth-order valence-corrected chi connectivity index (χ4v) is 1.69. The molecule has 18 heavy (non-hydrogen) atoms. The van der Waals surface area contributed by atoms with E-state index in [2.05, 4.69) is 5.32 Å². The van der Waals surface area contributed by atoms with E-state index in [1.165, 1.54) is 0 Å². The average molecular weight is 242 g/mol. The van der Waals surface area contributed by atoms with Gasteiger partial charge in [0.2, 0.25) is 5.76 Å². The van der Waals surface area contributed by atoms with Crippen molar-refractivity contribution in [3.8, 4) is 6.07 Å². The Bertz CT molecular complexity index is 555. The van der Waals surface area contributed by atoms with Crippen LogP contribution in [-0.4, -0.2) is 7.11 Å². The molecule has 1 N–H and O–H groups in total. The summed E-state index contributed by atoms with van der Waals surface area (Å²) in [5, 5.41) is 11.9. The highest BCUT2D eigenvalue weighted by molar-refractivity contribution is 5.50. The van der Waals surface area contributed by atoms with Gasteiger partial charge in [0, 0.05) is 18.4 Å². The smallest absolute Gasteiger partial charge is 0.203 e. The van der Waals surface area contributed by atoms with Crippen LogP contribution in [0.2, 0.25) is 0 Å². The number of hydrogen-bond acceptors (Lipinski definition) is 4. The van der Waals surface area contributed by atoms with Crippen LogP contribution in [0, 0.1) is 11.3 Å². The quantitative estimate of drug-likeness (QED) is 0.875. The minimum Gasteiger partial charge on any atom is -0.449 e. The van der Waals surface area contributed by atoms with E-state index >= 15 is 0 Å². The first-order valence-electron chi connectivity index (χ1n) is 5.63. The van der Waals surface area contributed by atoms with Gasteiger partial charge in [-0.15, -0.1) is 0 Å². The maximum Gasteiger partial charge on any atom is 0.203 e. The monoisotopic (exact) mass is 242 g/mol. The first-order valence-corrected chi connectivity index (χ1v) is 5.63. The lowest BCUT2D eigenvalue weighted by Crippen LogP contribution is -2.02. The number of hydrogen-bond donors (Lipinski definition) is 1. The first-order chi connectivity index (χ1) is 8.83. The zero-order chi connectivity index (χ0) is 12.8. The summed E-state index contributed by atoms with van der Waals surface area (Å²) in [7, 11) is 1.67. The molecule has 2 rings (SSSR count). The van der Waals surface area contributed by atoms with Crippen LogP contribution < -0.4 is 5.32 Å². The van der Waals surface area contributed by atoms with Gasteiger partial charge in [-0.2, -0.15) is 5.26 Å². The topological polar surface area (TPSA) is 58.2 Å². The predicted octanol–water partition coefficient (Wildman–Crippen LogP) is 2.91. The SMILES string of the molecule is COCc1ccccc1NCc1ccc(C#N)o1. The van der Waals surface area contributed by atoms with E-state index in [-0.39, 0.29) is 0 Å². The van der Waals surface area contributed by atoms with Gasteiger partial charge in [0.05, 0.1) is 13.2 Å². The molecule has 0 aliphatic heterocycles. The zero-order valence-corrected chi connectivity index (χ0v) is 10.1. The highest BCUT2D eigenvalue weighted by atomic mass is 16.5. The molecule has 0 aliphatic carbocycles. The van der Waals surface area contributed by atoms with Gasteiger partial charge < -0.3 is 14.5 Å². The summed E-state index contributed by atoms with van der Waals surface area (Å²) in [6.45, 7) is 1.10. The van der Waals surface area contributed by atoms with Crippen LogP contribution in [-0.2, 0) is 17.9 Å². The maximum atomic E-state index is 8.67. The van der Waals surface area contributed by atoms with Crippen molar-refractivity contribution in [3.05, 3.63) is 53.5 Å². The zero-order valence-electron chi connectivity index (χ0n) is 10.1. The third-order valence-corrected chi connectivity index (χ3v) is 2.54. The van der Waals surface area contributed by atoms with Crippen molar-refractivity contribution in [1.29, 1.82) is 5.26 Å². The number of methoxy groups -OCH3 is 1. The van der Waals surface area contributed by atoms with Crippen molar-refractivity contribution in [2.75, 3.05) is 12.4 Å². The Kier molecular flexibility index (Phi) is 4.00. The number of rotatable bonds is 5. The number of nitrogens with zero attached hydrogens (tertiary/aromatic N) is 1. The van der Waals surface area contributed by atoms with Crippen LogP contribution in [0.1, 0.15) is 17.1 Å². The van der Waals surface area contributed by atoms with Crippen LogP contribution in [0.4, 0.5) is 5.69 Å². The van der Waals surface area contributed by atoms with E-state index in [1.807, 2.05) is 30.3 Å². The van der Waals surface area contributed by atoms with Crippen LogP contribution in [0.3, 0.4) is 0 Å². The van der Waals surface area contributed by atoms with Gasteiger partial charge in [0.1, 0.15) is 11.8 Å². The van der Waals surface area contributed by atoms with E-state index in [4.69, 9.17) is 14.4 Å². The molecule has 2 aromatic rings. The molecule has 0 radical (unpaired) electrons. The summed E-state index contributed by atoms with van der Waals surface area (Å²) < 4.78 is 10.4. The van der Waals surface area contributed by atoms with Gasteiger partial charge in [0.25, 0.3) is 0 Å². The Hall–Kier alpha value is -2.25. The number of anilines is 1. The third kappa shape index (κ3) is 2.90. The molecule has 0 aliphatic rings. The summed E-state index contributed by atoms with van der Waals surface area (Å²) in [6, 6.07) is 13.4. The van der Waals surface area contributed by atoms with E-state index < -0.39 is 0 Å². The molecule has 0 spiro atoms. The standard InChI is InChI=1S/C14H14N2O2/c1-17-10-11-4-2-3-5-14(11)16-9-13-7-6-12(8-15)18-13/h2-7,16H,9-10H2,1H3. The number of furan rings is 1. The molecule has 0 unspecified atom stereocenters. The molecule has 0 amide bonds. The van der Waals surface area contributed by atoms with Crippen LogP contribution in [0.5, 0.6) is 0 Å². The van der Waals surface area contributed by atoms with E-state index in [1.54, 1.807) is 19.2 Å². The molecule has 1 aromatic carbocycles. The number of ether oxygens (including phenoxy) is 1. The Morgan fingerprint density at radius 3 is 2.83 bits per heavy atom. The molecule has 1 aromatic heterocycles. The first kappa shape index (κ1) is 12.2. The molecule has 0 fully saturated rings. The molecule has 4 nitrogen and oxygen atoms in total. The largest absolute Gasteiger partial charge is 0.449 e. The highest BCUT2D eigenvalue weighted by Crippen LogP contribution is 2.17. The van der Waals surface area contributed by atoms with E-state index in [0.717, 1.165) is 17.0 Å². The van der Waals surface area contributed by atoms with Gasteiger partial charge in [0.15, 0.2) is 0 Å². The highest BCUT2D eigenvalue weighted by Gasteiger charge is 2.03. The number of para-hydroxylation sites is 1. The summed E-state index contributed by atoms with van der Waals surface area (Å²) >= 11 is 0. The number of nitriles is 1. The fourth-order valence-electron chi connectivity index (χ4n) is 1.69. The Labute approximate surface area is 106 Å². The second-order valence-electron chi connectivity index (χ2n) is 3.82. The third-order valence-electron chi connectivity index (χ3n) is 2.54. The van der Waals surface area contributed by atoms with Gasteiger partial charge >= 0.3 is 0 Å². The molecule has 92 valence electrons. The number of benzene rings is 1. The molecule has 0 atom stereocenters. The van der Waals surface area contributed by atoms with Crippen LogP contribution in [0.15, 0.2) is 40.8 Å². The van der Waals surface area contributed by atoms with Crippen LogP contribution in [0.25, 0.3) is 0 Å². The minimum atomic E-state index is 0.331. The lowest BCUT2D eigenvalue weighted by molar-refractivity contribution is 0.185. The summed E-state index contributed by atoms with van der Waals surface area (Å²) in [4.78, 5) is 0. The number of nitrogens with one attached hydrogen (secondary N) is 1. The Morgan fingerprint density at radius 2 is 2.11 bits per heavy atom. The Balaban J connectivity index is 2.03. The maximum absolute atomic E-state index is 8.67. The molecule has 0 saturated carbocycles. The van der Waals surface area contributed by atoms with Crippen molar-refractivity contribution in [2.24, 2.45) is 0 Å². The second-order valence-corrected chi connectivity index (χ2v) is 3.82. The normalized spacial score (nSPS) is 10.0. The van der Waals surface area contributed by atoms with Gasteiger partial charge in [-0.05, 0) is 18.2 Å². The molecule has 0 bridgehead atoms. The molecule has 4 heteroatoms. The second kappa shape index (κ2) is 5.89. The molecular weight excluding hydrogens is 228 g/mol. The molecular formula is C14H14N2O2. The van der Waals surface area contributed by atoms with Crippen LogP contribution >= 0.6 is 0 Å². The van der Waals surface area contributed by atoms with Crippen molar-refractivity contribution >= 4 is 5.69 Å². The fraction of sp³-hybridized carbons (Fsp3) is 0.214. The Morgan fingerprint density at radius 1 is 1.28 bits per heavy atom. The van der Waals surface area contributed by atoms with Crippen molar-refractivity contribution < 1.29 is 9.15 Å². The summed E-state index contributed by atoms with van der Waals surface area (Å²) in [6.07, 6.45) is 0. The van der Waals surface area contributed by atoms with Crippen molar-refractivity contribution in [1.82, 2.24) is 0 Å².